The minimum absolute atomic E-state index is 0.246. The molecular formula is C26H22N6O2. The lowest BCUT2D eigenvalue weighted by Gasteiger charge is -2.16. The molecule has 4 aromatic rings. The van der Waals surface area contributed by atoms with E-state index in [4.69, 9.17) is 4.74 Å². The Hall–Kier alpha value is -4.69. The van der Waals surface area contributed by atoms with Crippen molar-refractivity contribution in [3.05, 3.63) is 92.9 Å². The number of ether oxygens (including phenoxy) is 1. The molecule has 4 rings (SSSR count). The lowest BCUT2D eigenvalue weighted by molar-refractivity contribution is 0.302. The predicted octanol–water partition coefficient (Wildman–Crippen LogP) is 3.83. The number of nitriles is 2. The van der Waals surface area contributed by atoms with Crippen LogP contribution in [0.1, 0.15) is 34.7 Å². The Kier molecular flexibility index (Phi) is 6.24. The molecule has 8 heteroatoms. The van der Waals surface area contributed by atoms with Gasteiger partial charge in [-0.15, -0.1) is 0 Å². The largest absolute Gasteiger partial charge is 0.489 e. The molecule has 0 aliphatic rings. The van der Waals surface area contributed by atoms with Gasteiger partial charge in [0.05, 0.1) is 29.0 Å². The average molecular weight is 451 g/mol. The molecular weight excluding hydrogens is 428 g/mol. The second-order valence-electron chi connectivity index (χ2n) is 7.82. The van der Waals surface area contributed by atoms with Crippen LogP contribution in [0.4, 0.5) is 0 Å². The molecule has 3 aromatic carbocycles. The zero-order chi connectivity index (χ0) is 24.2. The van der Waals surface area contributed by atoms with Gasteiger partial charge in [-0.05, 0) is 76.9 Å². The summed E-state index contributed by atoms with van der Waals surface area (Å²) in [5.41, 5.74) is 5.65. The number of nitrogens with zero attached hydrogens (tertiary/aromatic N) is 6. The zero-order valence-electron chi connectivity index (χ0n) is 19.1. The number of hydrogen-bond donors (Lipinski definition) is 0. The van der Waals surface area contributed by atoms with Gasteiger partial charge in [-0.3, -0.25) is 0 Å². The van der Waals surface area contributed by atoms with Crippen LogP contribution in [-0.2, 0) is 20.1 Å². The molecule has 0 spiro atoms. The Morgan fingerprint density at radius 1 is 1.03 bits per heavy atom. The van der Waals surface area contributed by atoms with E-state index >= 15 is 0 Å². The third-order valence-corrected chi connectivity index (χ3v) is 5.71. The number of rotatable bonds is 6. The minimum atomic E-state index is -0.331. The van der Waals surface area contributed by atoms with E-state index in [1.807, 2.05) is 50.2 Å². The maximum Gasteiger partial charge on any atom is 0.368 e. The molecule has 0 atom stereocenters. The number of benzene rings is 3. The molecule has 1 heterocycles. The quantitative estimate of drug-likeness (QED) is 0.442. The molecule has 168 valence electrons. The summed E-state index contributed by atoms with van der Waals surface area (Å²) < 4.78 is 8.64. The maximum absolute atomic E-state index is 12.4. The van der Waals surface area contributed by atoms with Gasteiger partial charge in [0, 0.05) is 18.2 Å². The van der Waals surface area contributed by atoms with Gasteiger partial charge in [0.1, 0.15) is 12.4 Å². The van der Waals surface area contributed by atoms with E-state index < -0.39 is 0 Å². The van der Waals surface area contributed by atoms with Crippen LogP contribution in [-0.4, -0.2) is 19.8 Å². The van der Waals surface area contributed by atoms with E-state index in [1.165, 1.54) is 9.36 Å². The van der Waals surface area contributed by atoms with Gasteiger partial charge in [0.25, 0.3) is 0 Å². The lowest BCUT2D eigenvalue weighted by atomic mass is 9.96. The van der Waals surface area contributed by atoms with Crippen molar-refractivity contribution in [3.63, 3.8) is 0 Å². The summed E-state index contributed by atoms with van der Waals surface area (Å²) in [6.07, 6.45) is 0.769. The van der Waals surface area contributed by atoms with Crippen LogP contribution in [0, 0.1) is 29.6 Å². The first-order valence-electron chi connectivity index (χ1n) is 10.7. The topological polar surface area (TPSA) is 110 Å². The summed E-state index contributed by atoms with van der Waals surface area (Å²) in [5, 5.41) is 26.5. The van der Waals surface area contributed by atoms with E-state index in [0.717, 1.165) is 28.7 Å². The number of aryl methyl sites for hydroxylation is 3. The van der Waals surface area contributed by atoms with E-state index in [9.17, 15) is 15.3 Å². The molecule has 0 unspecified atom stereocenters. The molecule has 1 aromatic heterocycles. The molecule has 0 fully saturated rings. The van der Waals surface area contributed by atoms with E-state index in [2.05, 4.69) is 22.6 Å². The highest BCUT2D eigenvalue weighted by Crippen LogP contribution is 2.30. The molecule has 0 radical (unpaired) electrons. The summed E-state index contributed by atoms with van der Waals surface area (Å²) >= 11 is 0. The zero-order valence-corrected chi connectivity index (χ0v) is 19.1. The van der Waals surface area contributed by atoms with E-state index in [1.54, 1.807) is 25.2 Å². The van der Waals surface area contributed by atoms with Crippen LogP contribution < -0.4 is 10.4 Å². The van der Waals surface area contributed by atoms with Crippen molar-refractivity contribution in [2.45, 2.75) is 26.9 Å². The molecule has 8 nitrogen and oxygen atoms in total. The Balaban J connectivity index is 1.67. The molecule has 0 N–H and O–H groups in total. The van der Waals surface area contributed by atoms with Gasteiger partial charge in [-0.2, -0.15) is 19.9 Å². The summed E-state index contributed by atoms with van der Waals surface area (Å²) in [7, 11) is 1.56. The Morgan fingerprint density at radius 2 is 1.85 bits per heavy atom. The first kappa shape index (κ1) is 22.5. The van der Waals surface area contributed by atoms with Crippen LogP contribution in [0.25, 0.3) is 16.8 Å². The molecule has 0 aliphatic heterocycles. The van der Waals surface area contributed by atoms with Crippen LogP contribution in [0.15, 0.2) is 59.4 Å². The number of aromatic nitrogens is 4. The smallest absolute Gasteiger partial charge is 0.368 e. The Labute approximate surface area is 196 Å². The first-order valence-corrected chi connectivity index (χ1v) is 10.7. The number of hydrogen-bond acceptors (Lipinski definition) is 6. The van der Waals surface area contributed by atoms with Crippen molar-refractivity contribution in [1.29, 1.82) is 10.5 Å². The monoisotopic (exact) mass is 450 g/mol. The van der Waals surface area contributed by atoms with Crippen LogP contribution in [0.3, 0.4) is 0 Å². The van der Waals surface area contributed by atoms with Crippen molar-refractivity contribution >= 4 is 0 Å². The van der Waals surface area contributed by atoms with Gasteiger partial charge in [0.15, 0.2) is 0 Å². The molecule has 34 heavy (non-hydrogen) atoms. The Morgan fingerprint density at radius 3 is 2.50 bits per heavy atom. The van der Waals surface area contributed by atoms with Gasteiger partial charge < -0.3 is 4.74 Å². The fourth-order valence-electron chi connectivity index (χ4n) is 3.86. The van der Waals surface area contributed by atoms with Gasteiger partial charge in [-0.25, -0.2) is 4.79 Å². The van der Waals surface area contributed by atoms with Crippen molar-refractivity contribution < 1.29 is 4.74 Å². The summed E-state index contributed by atoms with van der Waals surface area (Å²) in [6, 6.07) is 20.7. The van der Waals surface area contributed by atoms with Crippen molar-refractivity contribution in [2.24, 2.45) is 7.05 Å². The normalized spacial score (nSPS) is 10.5. The van der Waals surface area contributed by atoms with Crippen LogP contribution >= 0.6 is 0 Å². The first-order chi connectivity index (χ1) is 16.5. The lowest BCUT2D eigenvalue weighted by Crippen LogP contribution is -2.23. The number of tetrazole rings is 1. The highest BCUT2D eigenvalue weighted by molar-refractivity contribution is 5.73. The van der Waals surface area contributed by atoms with Crippen molar-refractivity contribution in [1.82, 2.24) is 19.8 Å². The van der Waals surface area contributed by atoms with E-state index in [0.29, 0.717) is 28.1 Å². The van der Waals surface area contributed by atoms with Crippen molar-refractivity contribution in [3.8, 4) is 34.7 Å². The van der Waals surface area contributed by atoms with E-state index in [-0.39, 0.29) is 12.3 Å². The molecule has 0 bridgehead atoms. The van der Waals surface area contributed by atoms with Crippen molar-refractivity contribution in [2.75, 3.05) is 0 Å². The average Bonchev–Trinajstić information content (AvgIpc) is 3.20. The molecule has 0 aliphatic carbocycles. The predicted molar refractivity (Wildman–Crippen MR) is 126 cm³/mol. The fourth-order valence-corrected chi connectivity index (χ4v) is 3.86. The standard InChI is InChI=1S/C26H22N6O2/c1-4-19-6-5-7-24(32-26(33)31(3)29-30-32)23(19)16-34-25-11-10-20(12-17(25)2)22-13-18(14-27)8-9-21(22)15-28/h5-13H,4,16H2,1-3H3. The second kappa shape index (κ2) is 9.43. The Bertz CT molecular complexity index is 1520. The maximum atomic E-state index is 12.4. The summed E-state index contributed by atoms with van der Waals surface area (Å²) in [6.45, 7) is 4.22. The van der Waals surface area contributed by atoms with Gasteiger partial charge in [0.2, 0.25) is 0 Å². The molecule has 0 saturated heterocycles. The third kappa shape index (κ3) is 4.17. The van der Waals surface area contributed by atoms with Crippen LogP contribution in [0.2, 0.25) is 0 Å². The molecule has 0 saturated carbocycles. The van der Waals surface area contributed by atoms with Crippen LogP contribution in [0.5, 0.6) is 5.75 Å². The second-order valence-corrected chi connectivity index (χ2v) is 7.82. The summed E-state index contributed by atoms with van der Waals surface area (Å²) in [4.78, 5) is 12.4. The molecule has 0 amide bonds. The summed E-state index contributed by atoms with van der Waals surface area (Å²) in [5.74, 6) is 0.682. The fraction of sp³-hybridized carbons (Fsp3) is 0.192. The highest BCUT2D eigenvalue weighted by Gasteiger charge is 2.15. The van der Waals surface area contributed by atoms with Gasteiger partial charge >= 0.3 is 5.69 Å². The minimum Gasteiger partial charge on any atom is -0.489 e. The third-order valence-electron chi connectivity index (χ3n) is 5.71. The highest BCUT2D eigenvalue weighted by atomic mass is 16.5. The SMILES string of the molecule is CCc1cccc(-n2nnn(C)c2=O)c1COc1ccc(-c2cc(C#N)ccc2C#N)cc1C. The van der Waals surface area contributed by atoms with Gasteiger partial charge in [-0.1, -0.05) is 25.1 Å².